The molecule has 2 aromatic rings. The van der Waals surface area contributed by atoms with Crippen molar-refractivity contribution in [2.45, 2.75) is 51.5 Å². The van der Waals surface area contributed by atoms with E-state index in [1.54, 1.807) is 6.07 Å². The van der Waals surface area contributed by atoms with Gasteiger partial charge in [-0.3, -0.25) is 0 Å². The molecule has 1 unspecified atom stereocenters. The lowest BCUT2D eigenvalue weighted by molar-refractivity contribution is 0.291. The van der Waals surface area contributed by atoms with Crippen molar-refractivity contribution < 1.29 is 8.81 Å². The Morgan fingerprint density at radius 2 is 2.00 bits per heavy atom. The van der Waals surface area contributed by atoms with Crippen LogP contribution >= 0.6 is 0 Å². The molecule has 2 nitrogen and oxygen atoms in total. The molecule has 21 heavy (non-hydrogen) atoms. The van der Waals surface area contributed by atoms with E-state index in [4.69, 9.17) is 4.42 Å². The molecule has 0 spiro atoms. The lowest BCUT2D eigenvalue weighted by Crippen LogP contribution is -2.27. The Hall–Kier alpha value is -1.35. The summed E-state index contributed by atoms with van der Waals surface area (Å²) in [7, 11) is 0. The molecule has 1 saturated carbocycles. The van der Waals surface area contributed by atoms with Gasteiger partial charge in [-0.1, -0.05) is 44.7 Å². The van der Waals surface area contributed by atoms with E-state index < -0.39 is 0 Å². The molecule has 1 aliphatic rings. The minimum absolute atomic E-state index is 0.208. The van der Waals surface area contributed by atoms with E-state index in [9.17, 15) is 4.39 Å². The molecule has 1 N–H and O–H groups in total. The second kappa shape index (κ2) is 6.61. The van der Waals surface area contributed by atoms with Crippen LogP contribution in [-0.2, 0) is 0 Å². The van der Waals surface area contributed by atoms with Crippen LogP contribution in [0, 0.1) is 11.7 Å². The lowest BCUT2D eigenvalue weighted by Gasteiger charge is -2.25. The van der Waals surface area contributed by atoms with Gasteiger partial charge in [0, 0.05) is 5.39 Å². The summed E-state index contributed by atoms with van der Waals surface area (Å²) >= 11 is 0. The van der Waals surface area contributed by atoms with Gasteiger partial charge >= 0.3 is 0 Å². The molecule has 3 rings (SSSR count). The first kappa shape index (κ1) is 14.6. The minimum Gasteiger partial charge on any atom is -0.456 e. The predicted octanol–water partition coefficient (Wildman–Crippen LogP) is 5.19. The molecule has 0 amide bonds. The first-order valence-electron chi connectivity index (χ1n) is 8.21. The molecule has 1 aromatic carbocycles. The summed E-state index contributed by atoms with van der Waals surface area (Å²) in [5, 5.41) is 4.42. The smallest absolute Gasteiger partial charge is 0.169 e. The first-order chi connectivity index (χ1) is 10.3. The zero-order chi connectivity index (χ0) is 14.7. The standard InChI is InChI=1S/C18H24FNO/c1-2-20-17(13-8-5-3-4-6-9-13)16-12-14-10-7-11-15(19)18(14)21-16/h7,10-13,17,20H,2-6,8-9H2,1H3. The molecule has 0 radical (unpaired) electrons. The Balaban J connectivity index is 1.92. The summed E-state index contributed by atoms with van der Waals surface area (Å²) in [6.07, 6.45) is 7.73. The summed E-state index contributed by atoms with van der Waals surface area (Å²) in [6.45, 7) is 3.02. The highest BCUT2D eigenvalue weighted by Gasteiger charge is 2.26. The van der Waals surface area contributed by atoms with E-state index >= 15 is 0 Å². The molecule has 0 bridgehead atoms. The predicted molar refractivity (Wildman–Crippen MR) is 83.8 cm³/mol. The van der Waals surface area contributed by atoms with Crippen LogP contribution in [0.25, 0.3) is 11.0 Å². The van der Waals surface area contributed by atoms with Crippen molar-refractivity contribution in [1.29, 1.82) is 0 Å². The van der Waals surface area contributed by atoms with Crippen LogP contribution < -0.4 is 5.32 Å². The van der Waals surface area contributed by atoms with Gasteiger partial charge in [-0.2, -0.15) is 0 Å². The van der Waals surface area contributed by atoms with Gasteiger partial charge < -0.3 is 9.73 Å². The Morgan fingerprint density at radius 3 is 2.67 bits per heavy atom. The fraction of sp³-hybridized carbons (Fsp3) is 0.556. The zero-order valence-electron chi connectivity index (χ0n) is 12.7. The Labute approximate surface area is 125 Å². The van der Waals surface area contributed by atoms with Crippen LogP contribution in [0.15, 0.2) is 28.7 Å². The number of benzene rings is 1. The molecule has 0 aliphatic heterocycles. The Kier molecular flexibility index (Phi) is 4.59. The van der Waals surface area contributed by atoms with Gasteiger partial charge in [0.2, 0.25) is 0 Å². The fourth-order valence-electron chi connectivity index (χ4n) is 3.56. The molecular formula is C18H24FNO. The topological polar surface area (TPSA) is 25.2 Å². The van der Waals surface area contributed by atoms with Gasteiger partial charge in [0.05, 0.1) is 6.04 Å². The maximum atomic E-state index is 13.8. The minimum atomic E-state index is -0.269. The Morgan fingerprint density at radius 1 is 1.24 bits per heavy atom. The summed E-state index contributed by atoms with van der Waals surface area (Å²) in [6, 6.07) is 7.34. The van der Waals surface area contributed by atoms with Crippen molar-refractivity contribution in [2.75, 3.05) is 6.54 Å². The van der Waals surface area contributed by atoms with Gasteiger partial charge in [0.25, 0.3) is 0 Å². The highest BCUT2D eigenvalue weighted by molar-refractivity contribution is 5.78. The maximum Gasteiger partial charge on any atom is 0.169 e. The number of hydrogen-bond acceptors (Lipinski definition) is 2. The van der Waals surface area contributed by atoms with Crippen molar-refractivity contribution in [3.8, 4) is 0 Å². The van der Waals surface area contributed by atoms with Crippen LogP contribution in [0.3, 0.4) is 0 Å². The van der Waals surface area contributed by atoms with Crippen LogP contribution in [-0.4, -0.2) is 6.54 Å². The second-order valence-electron chi connectivity index (χ2n) is 6.09. The third-order valence-corrected chi connectivity index (χ3v) is 4.62. The van der Waals surface area contributed by atoms with Crippen molar-refractivity contribution in [1.82, 2.24) is 5.32 Å². The van der Waals surface area contributed by atoms with Crippen LogP contribution in [0.2, 0.25) is 0 Å². The van der Waals surface area contributed by atoms with E-state index in [1.807, 2.05) is 12.1 Å². The van der Waals surface area contributed by atoms with Crippen LogP contribution in [0.5, 0.6) is 0 Å². The fourth-order valence-corrected chi connectivity index (χ4v) is 3.56. The van der Waals surface area contributed by atoms with Crippen molar-refractivity contribution in [3.63, 3.8) is 0 Å². The molecule has 1 aromatic heterocycles. The van der Waals surface area contributed by atoms with Crippen LogP contribution in [0.1, 0.15) is 57.3 Å². The largest absolute Gasteiger partial charge is 0.456 e. The zero-order valence-corrected chi connectivity index (χ0v) is 12.7. The van der Waals surface area contributed by atoms with E-state index in [0.717, 1.165) is 17.7 Å². The summed E-state index contributed by atoms with van der Waals surface area (Å²) in [5.74, 6) is 1.22. The molecule has 1 fully saturated rings. The third-order valence-electron chi connectivity index (χ3n) is 4.62. The maximum absolute atomic E-state index is 13.8. The van der Waals surface area contributed by atoms with Gasteiger partial charge in [-0.05, 0) is 37.4 Å². The number of para-hydroxylation sites is 1. The van der Waals surface area contributed by atoms with Crippen molar-refractivity contribution >= 4 is 11.0 Å². The highest BCUT2D eigenvalue weighted by Crippen LogP contribution is 2.36. The first-order valence-corrected chi connectivity index (χ1v) is 8.21. The number of furan rings is 1. The van der Waals surface area contributed by atoms with E-state index in [-0.39, 0.29) is 11.9 Å². The molecule has 1 heterocycles. The quantitative estimate of drug-likeness (QED) is 0.783. The second-order valence-corrected chi connectivity index (χ2v) is 6.09. The van der Waals surface area contributed by atoms with Gasteiger partial charge in [-0.25, -0.2) is 4.39 Å². The van der Waals surface area contributed by atoms with E-state index in [1.165, 1.54) is 44.6 Å². The molecule has 1 aliphatic carbocycles. The number of hydrogen-bond donors (Lipinski definition) is 1. The number of halogens is 1. The molecule has 3 heteroatoms. The number of rotatable bonds is 4. The number of nitrogens with one attached hydrogen (secondary N) is 1. The van der Waals surface area contributed by atoms with Crippen molar-refractivity contribution in [3.05, 3.63) is 35.8 Å². The average Bonchev–Trinajstić information content (AvgIpc) is 2.74. The SMILES string of the molecule is CCNC(c1cc2cccc(F)c2o1)C1CCCCCC1. The average molecular weight is 289 g/mol. The van der Waals surface area contributed by atoms with Gasteiger partial charge in [0.15, 0.2) is 11.4 Å². The molecular weight excluding hydrogens is 265 g/mol. The van der Waals surface area contributed by atoms with Gasteiger partial charge in [-0.15, -0.1) is 0 Å². The number of fused-ring (bicyclic) bond motifs is 1. The molecule has 0 saturated heterocycles. The lowest BCUT2D eigenvalue weighted by atomic mass is 9.90. The van der Waals surface area contributed by atoms with E-state index in [0.29, 0.717) is 11.5 Å². The van der Waals surface area contributed by atoms with Gasteiger partial charge in [0.1, 0.15) is 5.76 Å². The molecule has 1 atom stereocenters. The normalized spacial score (nSPS) is 18.8. The van der Waals surface area contributed by atoms with E-state index in [2.05, 4.69) is 12.2 Å². The third kappa shape index (κ3) is 3.13. The Bertz CT molecular complexity index is 584. The molecule has 114 valence electrons. The summed E-state index contributed by atoms with van der Waals surface area (Å²) in [5.41, 5.74) is 0.393. The monoisotopic (exact) mass is 289 g/mol. The highest BCUT2D eigenvalue weighted by atomic mass is 19.1. The van der Waals surface area contributed by atoms with Crippen molar-refractivity contribution in [2.24, 2.45) is 5.92 Å². The van der Waals surface area contributed by atoms with Crippen LogP contribution in [0.4, 0.5) is 4.39 Å². The summed E-state index contributed by atoms with van der Waals surface area (Å²) < 4.78 is 19.7. The summed E-state index contributed by atoms with van der Waals surface area (Å²) in [4.78, 5) is 0.